The topological polar surface area (TPSA) is 66.9 Å². The highest BCUT2D eigenvalue weighted by atomic mass is 19.4. The minimum absolute atomic E-state index is 0.0634. The van der Waals surface area contributed by atoms with E-state index in [0.717, 1.165) is 18.6 Å². The van der Waals surface area contributed by atoms with Crippen molar-refractivity contribution in [3.05, 3.63) is 83.6 Å². The van der Waals surface area contributed by atoms with Gasteiger partial charge in [0, 0.05) is 12.2 Å². The zero-order valence-electron chi connectivity index (χ0n) is 14.7. The first-order chi connectivity index (χ1) is 13.4. The summed E-state index contributed by atoms with van der Waals surface area (Å²) < 4.78 is 37.7. The molecule has 0 bridgehead atoms. The van der Waals surface area contributed by atoms with Gasteiger partial charge in [-0.15, -0.1) is 10.2 Å². The number of alkyl halides is 3. The molecule has 3 rings (SSSR count). The number of aromatic nitrogens is 2. The van der Waals surface area contributed by atoms with Crippen molar-refractivity contribution in [3.8, 4) is 0 Å². The molecule has 1 aromatic heterocycles. The number of amides is 1. The first-order valence-corrected chi connectivity index (χ1v) is 8.52. The summed E-state index contributed by atoms with van der Waals surface area (Å²) in [6, 6.07) is 17.3. The summed E-state index contributed by atoms with van der Waals surface area (Å²) in [6.45, 7) is 0.662. The molecular weight excluding hydrogens is 369 g/mol. The molecule has 28 heavy (non-hydrogen) atoms. The van der Waals surface area contributed by atoms with Gasteiger partial charge in [-0.25, -0.2) is 0 Å². The van der Waals surface area contributed by atoms with Crippen LogP contribution in [0.1, 0.15) is 21.6 Å². The van der Waals surface area contributed by atoms with Gasteiger partial charge in [-0.3, -0.25) is 4.79 Å². The van der Waals surface area contributed by atoms with Crippen LogP contribution in [0.25, 0.3) is 0 Å². The first-order valence-electron chi connectivity index (χ1n) is 8.52. The van der Waals surface area contributed by atoms with E-state index in [1.54, 1.807) is 6.07 Å². The van der Waals surface area contributed by atoms with Crippen molar-refractivity contribution >= 4 is 17.4 Å². The Morgan fingerprint density at radius 2 is 1.61 bits per heavy atom. The Kier molecular flexibility index (Phi) is 5.88. The molecule has 2 aromatic carbocycles. The second kappa shape index (κ2) is 8.51. The molecule has 0 fully saturated rings. The quantitative estimate of drug-likeness (QED) is 0.659. The molecule has 0 spiro atoms. The Labute approximate surface area is 159 Å². The molecule has 0 aliphatic rings. The van der Waals surface area contributed by atoms with E-state index < -0.39 is 17.6 Å². The summed E-state index contributed by atoms with van der Waals surface area (Å²) in [7, 11) is 0. The van der Waals surface area contributed by atoms with Crippen molar-refractivity contribution in [3.63, 3.8) is 0 Å². The SMILES string of the molecule is O=C(Nc1ccc(C(F)(F)F)cc1)c1ccc(NCCc2ccccc2)nn1. The average Bonchev–Trinajstić information content (AvgIpc) is 2.69. The second-order valence-corrected chi connectivity index (χ2v) is 6.00. The van der Waals surface area contributed by atoms with E-state index in [4.69, 9.17) is 0 Å². The van der Waals surface area contributed by atoms with E-state index >= 15 is 0 Å². The molecule has 0 unspecified atom stereocenters. The van der Waals surface area contributed by atoms with Crippen LogP contribution < -0.4 is 10.6 Å². The van der Waals surface area contributed by atoms with Crippen LogP contribution in [0.5, 0.6) is 0 Å². The van der Waals surface area contributed by atoms with Crippen LogP contribution >= 0.6 is 0 Å². The zero-order valence-corrected chi connectivity index (χ0v) is 14.7. The lowest BCUT2D eigenvalue weighted by Crippen LogP contribution is -2.15. The van der Waals surface area contributed by atoms with Crippen LogP contribution in [0.15, 0.2) is 66.7 Å². The Morgan fingerprint density at radius 1 is 0.893 bits per heavy atom. The van der Waals surface area contributed by atoms with Crippen LogP contribution in [-0.2, 0) is 12.6 Å². The fraction of sp³-hybridized carbons (Fsp3) is 0.150. The van der Waals surface area contributed by atoms with Crippen LogP contribution in [0.3, 0.4) is 0 Å². The highest BCUT2D eigenvalue weighted by Gasteiger charge is 2.30. The van der Waals surface area contributed by atoms with Crippen LogP contribution in [0.2, 0.25) is 0 Å². The van der Waals surface area contributed by atoms with E-state index in [1.807, 2.05) is 30.3 Å². The molecule has 0 saturated carbocycles. The van der Waals surface area contributed by atoms with E-state index in [2.05, 4.69) is 20.8 Å². The van der Waals surface area contributed by atoms with Crippen LogP contribution in [0.4, 0.5) is 24.7 Å². The predicted molar refractivity (Wildman–Crippen MR) is 100 cm³/mol. The summed E-state index contributed by atoms with van der Waals surface area (Å²) in [5.41, 5.74) is 0.713. The third-order valence-corrected chi connectivity index (χ3v) is 3.93. The molecule has 8 heteroatoms. The van der Waals surface area contributed by atoms with Gasteiger partial charge < -0.3 is 10.6 Å². The lowest BCUT2D eigenvalue weighted by molar-refractivity contribution is -0.137. The Balaban J connectivity index is 1.53. The summed E-state index contributed by atoms with van der Waals surface area (Å²) in [4.78, 5) is 12.2. The maximum absolute atomic E-state index is 12.6. The minimum Gasteiger partial charge on any atom is -0.368 e. The average molecular weight is 386 g/mol. The lowest BCUT2D eigenvalue weighted by atomic mass is 10.1. The largest absolute Gasteiger partial charge is 0.416 e. The monoisotopic (exact) mass is 386 g/mol. The third-order valence-electron chi connectivity index (χ3n) is 3.93. The number of hydrogen-bond acceptors (Lipinski definition) is 4. The van der Waals surface area contributed by atoms with Crippen molar-refractivity contribution in [2.24, 2.45) is 0 Å². The molecule has 1 heterocycles. The summed E-state index contributed by atoms with van der Waals surface area (Å²) in [5, 5.41) is 13.4. The fourth-order valence-corrected chi connectivity index (χ4v) is 2.46. The smallest absolute Gasteiger partial charge is 0.368 e. The van der Waals surface area contributed by atoms with E-state index in [1.165, 1.54) is 23.8 Å². The number of anilines is 2. The molecular formula is C20H17F3N4O. The van der Waals surface area contributed by atoms with Crippen LogP contribution in [0, 0.1) is 0 Å². The van der Waals surface area contributed by atoms with Crippen molar-refractivity contribution in [2.75, 3.05) is 17.2 Å². The van der Waals surface area contributed by atoms with Gasteiger partial charge in [0.15, 0.2) is 5.69 Å². The van der Waals surface area contributed by atoms with Gasteiger partial charge >= 0.3 is 6.18 Å². The molecule has 0 aliphatic carbocycles. The zero-order chi connectivity index (χ0) is 20.0. The predicted octanol–water partition coefficient (Wildman–Crippen LogP) is 4.40. The number of carbonyl (C=O) groups excluding carboxylic acids is 1. The molecule has 0 atom stereocenters. The highest BCUT2D eigenvalue weighted by molar-refractivity contribution is 6.02. The van der Waals surface area contributed by atoms with Crippen molar-refractivity contribution in [1.82, 2.24) is 10.2 Å². The normalized spacial score (nSPS) is 11.1. The van der Waals surface area contributed by atoms with Crippen molar-refractivity contribution in [2.45, 2.75) is 12.6 Å². The molecule has 0 aliphatic heterocycles. The van der Waals surface area contributed by atoms with E-state index in [9.17, 15) is 18.0 Å². The molecule has 144 valence electrons. The summed E-state index contributed by atoms with van der Waals surface area (Å²) in [6.07, 6.45) is -3.60. The number of hydrogen-bond donors (Lipinski definition) is 2. The number of nitrogens with zero attached hydrogens (tertiary/aromatic N) is 2. The van der Waals surface area contributed by atoms with Crippen LogP contribution in [-0.4, -0.2) is 22.6 Å². The number of nitrogens with one attached hydrogen (secondary N) is 2. The number of halogens is 3. The van der Waals surface area contributed by atoms with E-state index in [0.29, 0.717) is 12.4 Å². The molecule has 2 N–H and O–H groups in total. The van der Waals surface area contributed by atoms with Gasteiger partial charge in [0.1, 0.15) is 5.82 Å². The highest BCUT2D eigenvalue weighted by Crippen LogP contribution is 2.29. The standard InChI is InChI=1S/C20H17F3N4O/c21-20(22,23)15-6-8-16(9-7-15)25-19(28)17-10-11-18(27-26-17)24-13-12-14-4-2-1-3-5-14/h1-11H,12-13H2,(H,24,27)(H,25,28). The maximum atomic E-state index is 12.6. The number of rotatable bonds is 6. The number of carbonyl (C=O) groups is 1. The molecule has 0 saturated heterocycles. The van der Waals surface area contributed by atoms with Gasteiger partial charge in [-0.05, 0) is 48.4 Å². The van der Waals surface area contributed by atoms with Crippen molar-refractivity contribution in [1.29, 1.82) is 0 Å². The second-order valence-electron chi connectivity index (χ2n) is 6.00. The summed E-state index contributed by atoms with van der Waals surface area (Å²) in [5.74, 6) is -0.0231. The van der Waals surface area contributed by atoms with Gasteiger partial charge in [0.25, 0.3) is 5.91 Å². The van der Waals surface area contributed by atoms with Gasteiger partial charge in [-0.1, -0.05) is 30.3 Å². The molecule has 0 radical (unpaired) electrons. The van der Waals surface area contributed by atoms with Gasteiger partial charge in [-0.2, -0.15) is 13.2 Å². The summed E-state index contributed by atoms with van der Waals surface area (Å²) >= 11 is 0. The van der Waals surface area contributed by atoms with Gasteiger partial charge in [0.2, 0.25) is 0 Å². The Hall–Kier alpha value is -3.42. The minimum atomic E-state index is -4.42. The maximum Gasteiger partial charge on any atom is 0.416 e. The third kappa shape index (κ3) is 5.29. The fourth-order valence-electron chi connectivity index (χ4n) is 2.46. The molecule has 3 aromatic rings. The number of benzene rings is 2. The first kappa shape index (κ1) is 19.3. The molecule has 5 nitrogen and oxygen atoms in total. The molecule has 1 amide bonds. The Bertz CT molecular complexity index is 911. The van der Waals surface area contributed by atoms with Crippen molar-refractivity contribution < 1.29 is 18.0 Å². The Morgan fingerprint density at radius 3 is 2.21 bits per heavy atom. The lowest BCUT2D eigenvalue weighted by Gasteiger charge is -2.09. The van der Waals surface area contributed by atoms with Gasteiger partial charge in [0.05, 0.1) is 5.56 Å². The van der Waals surface area contributed by atoms with E-state index in [-0.39, 0.29) is 11.4 Å².